The average molecular weight is 243 g/mol. The van der Waals surface area contributed by atoms with Gasteiger partial charge in [0.15, 0.2) is 0 Å². The van der Waals surface area contributed by atoms with Crippen molar-refractivity contribution in [2.24, 2.45) is 0 Å². The van der Waals surface area contributed by atoms with Crippen LogP contribution in [0.25, 0.3) is 11.1 Å². The van der Waals surface area contributed by atoms with E-state index in [9.17, 15) is 0 Å². The highest BCUT2D eigenvalue weighted by atomic mass is 16.5. The summed E-state index contributed by atoms with van der Waals surface area (Å²) in [4.78, 5) is 0. The third-order valence-electron chi connectivity index (χ3n) is 2.74. The van der Waals surface area contributed by atoms with E-state index < -0.39 is 0 Å². The van der Waals surface area contributed by atoms with Crippen LogP contribution in [0.2, 0.25) is 0 Å². The molecular weight excluding hydrogens is 228 g/mol. The number of hydrogen-bond donors (Lipinski definition) is 0. The Balaban J connectivity index is 2.53. The Morgan fingerprint density at radius 1 is 0.778 bits per heavy atom. The first kappa shape index (κ1) is 12.3. The summed E-state index contributed by atoms with van der Waals surface area (Å²) in [6.07, 6.45) is 0. The maximum atomic E-state index is 5.36. The van der Waals surface area contributed by atoms with Gasteiger partial charge in [-0.25, -0.2) is 0 Å². The van der Waals surface area contributed by atoms with Gasteiger partial charge in [0.2, 0.25) is 0 Å². The van der Waals surface area contributed by atoms with E-state index in [1.54, 1.807) is 33.5 Å². The van der Waals surface area contributed by atoms with Gasteiger partial charge in [0.1, 0.15) is 17.2 Å². The molecule has 0 saturated carbocycles. The monoisotopic (exact) mass is 243 g/mol. The molecule has 0 fully saturated rings. The van der Waals surface area contributed by atoms with E-state index >= 15 is 0 Å². The molecular formula is C15H15O3. The second kappa shape index (κ2) is 5.45. The highest BCUT2D eigenvalue weighted by Gasteiger charge is 2.12. The van der Waals surface area contributed by atoms with Crippen LogP contribution >= 0.6 is 0 Å². The van der Waals surface area contributed by atoms with Crippen LogP contribution in [0, 0.1) is 6.07 Å². The van der Waals surface area contributed by atoms with Crippen molar-refractivity contribution in [3.8, 4) is 28.4 Å². The number of methoxy groups -OCH3 is 3. The summed E-state index contributed by atoms with van der Waals surface area (Å²) in [7, 11) is 4.92. The molecule has 1 radical (unpaired) electrons. The van der Waals surface area contributed by atoms with Gasteiger partial charge >= 0.3 is 0 Å². The molecule has 0 bridgehead atoms. The molecule has 0 atom stereocenters. The van der Waals surface area contributed by atoms with Crippen LogP contribution in [0.5, 0.6) is 17.2 Å². The fourth-order valence-corrected chi connectivity index (χ4v) is 1.82. The summed E-state index contributed by atoms with van der Waals surface area (Å²) in [6, 6.07) is 14.3. The molecule has 0 saturated heterocycles. The maximum Gasteiger partial charge on any atom is 0.131 e. The van der Waals surface area contributed by atoms with Crippen molar-refractivity contribution >= 4 is 0 Å². The van der Waals surface area contributed by atoms with Crippen molar-refractivity contribution in [2.75, 3.05) is 21.3 Å². The Labute approximate surface area is 107 Å². The molecule has 0 aliphatic heterocycles. The van der Waals surface area contributed by atoms with E-state index in [-0.39, 0.29) is 0 Å². The quantitative estimate of drug-likeness (QED) is 0.825. The normalized spacial score (nSPS) is 9.94. The highest BCUT2D eigenvalue weighted by Crippen LogP contribution is 2.38. The number of hydrogen-bond acceptors (Lipinski definition) is 3. The van der Waals surface area contributed by atoms with E-state index in [2.05, 4.69) is 6.07 Å². The Morgan fingerprint density at radius 2 is 1.33 bits per heavy atom. The fraction of sp³-hybridized carbons (Fsp3) is 0.200. The van der Waals surface area contributed by atoms with Crippen molar-refractivity contribution in [2.45, 2.75) is 0 Å². The summed E-state index contributed by atoms with van der Waals surface area (Å²) in [5.41, 5.74) is 1.93. The van der Waals surface area contributed by atoms with Gasteiger partial charge in [-0.15, -0.1) is 0 Å². The second-order valence-corrected chi connectivity index (χ2v) is 3.70. The molecule has 0 spiro atoms. The van der Waals surface area contributed by atoms with Gasteiger partial charge in [0, 0.05) is 0 Å². The predicted octanol–water partition coefficient (Wildman–Crippen LogP) is 3.18. The van der Waals surface area contributed by atoms with E-state index in [1.165, 1.54) is 0 Å². The summed E-state index contributed by atoms with van der Waals surface area (Å²) in [6.45, 7) is 0. The first-order valence-electron chi connectivity index (χ1n) is 5.56. The summed E-state index contributed by atoms with van der Waals surface area (Å²) >= 11 is 0. The van der Waals surface area contributed by atoms with Crippen molar-refractivity contribution in [1.29, 1.82) is 0 Å². The van der Waals surface area contributed by atoms with Gasteiger partial charge in [-0.3, -0.25) is 0 Å². The lowest BCUT2D eigenvalue weighted by Gasteiger charge is -2.13. The molecule has 3 heteroatoms. The molecule has 0 aromatic heterocycles. The Morgan fingerprint density at radius 3 is 1.78 bits per heavy atom. The van der Waals surface area contributed by atoms with Crippen LogP contribution < -0.4 is 14.2 Å². The smallest absolute Gasteiger partial charge is 0.131 e. The van der Waals surface area contributed by atoms with Gasteiger partial charge in [-0.05, 0) is 35.9 Å². The molecule has 2 rings (SSSR count). The molecule has 0 unspecified atom stereocenters. The zero-order chi connectivity index (χ0) is 13.0. The first-order chi connectivity index (χ1) is 8.80. The van der Waals surface area contributed by atoms with Crippen LogP contribution in [0.4, 0.5) is 0 Å². The predicted molar refractivity (Wildman–Crippen MR) is 70.4 cm³/mol. The van der Waals surface area contributed by atoms with Crippen LogP contribution in [0.1, 0.15) is 0 Å². The van der Waals surface area contributed by atoms with Crippen LogP contribution in [0.3, 0.4) is 0 Å². The lowest BCUT2D eigenvalue weighted by atomic mass is 10.0. The third-order valence-corrected chi connectivity index (χ3v) is 2.74. The van der Waals surface area contributed by atoms with E-state index in [0.29, 0.717) is 0 Å². The zero-order valence-electron chi connectivity index (χ0n) is 10.7. The summed E-state index contributed by atoms with van der Waals surface area (Å²) in [5, 5.41) is 0. The summed E-state index contributed by atoms with van der Waals surface area (Å²) in [5.74, 6) is 2.29. The maximum absolute atomic E-state index is 5.36. The van der Waals surface area contributed by atoms with E-state index in [0.717, 1.165) is 28.4 Å². The minimum atomic E-state index is 0.736. The lowest BCUT2D eigenvalue weighted by molar-refractivity contribution is 0.397. The molecule has 0 aliphatic carbocycles. The standard InChI is InChI=1S/C15H15O3/c1-16-12-9-7-11(8-10-12)15-13(17-2)5-4-6-14(15)18-3/h5-10H,1-3H3. The molecule has 0 heterocycles. The minimum Gasteiger partial charge on any atom is -0.497 e. The molecule has 93 valence electrons. The SMILES string of the molecule is COc1ccc(-c2c(OC)c[c]cc2OC)cc1. The Kier molecular flexibility index (Phi) is 3.72. The van der Waals surface area contributed by atoms with Crippen molar-refractivity contribution < 1.29 is 14.2 Å². The first-order valence-corrected chi connectivity index (χ1v) is 5.56. The summed E-state index contributed by atoms with van der Waals surface area (Å²) < 4.78 is 15.9. The van der Waals surface area contributed by atoms with Gasteiger partial charge in [-0.1, -0.05) is 12.1 Å². The van der Waals surface area contributed by atoms with E-state index in [4.69, 9.17) is 14.2 Å². The Bertz CT molecular complexity index is 496. The molecule has 2 aromatic carbocycles. The van der Waals surface area contributed by atoms with Crippen molar-refractivity contribution in [3.05, 3.63) is 42.5 Å². The van der Waals surface area contributed by atoms with E-state index in [1.807, 2.05) is 24.3 Å². The molecule has 3 nitrogen and oxygen atoms in total. The van der Waals surface area contributed by atoms with Gasteiger partial charge in [0.05, 0.1) is 26.9 Å². The van der Waals surface area contributed by atoms with Gasteiger partial charge in [-0.2, -0.15) is 0 Å². The van der Waals surface area contributed by atoms with Crippen LogP contribution in [-0.4, -0.2) is 21.3 Å². The lowest BCUT2D eigenvalue weighted by Crippen LogP contribution is -1.93. The molecule has 0 N–H and O–H groups in total. The highest BCUT2D eigenvalue weighted by molar-refractivity contribution is 5.77. The largest absolute Gasteiger partial charge is 0.497 e. The third kappa shape index (κ3) is 2.25. The molecule has 18 heavy (non-hydrogen) atoms. The minimum absolute atomic E-state index is 0.736. The fourth-order valence-electron chi connectivity index (χ4n) is 1.82. The second-order valence-electron chi connectivity index (χ2n) is 3.70. The van der Waals surface area contributed by atoms with Crippen LogP contribution in [0.15, 0.2) is 36.4 Å². The number of rotatable bonds is 4. The Hall–Kier alpha value is -2.16. The van der Waals surface area contributed by atoms with Crippen molar-refractivity contribution in [1.82, 2.24) is 0 Å². The molecule has 0 aliphatic rings. The number of benzene rings is 2. The topological polar surface area (TPSA) is 27.7 Å². The molecule has 2 aromatic rings. The van der Waals surface area contributed by atoms with Gasteiger partial charge in [0.25, 0.3) is 0 Å². The van der Waals surface area contributed by atoms with Gasteiger partial charge < -0.3 is 14.2 Å². The molecule has 0 amide bonds. The van der Waals surface area contributed by atoms with Crippen LogP contribution in [-0.2, 0) is 0 Å². The zero-order valence-corrected chi connectivity index (χ0v) is 10.7. The average Bonchev–Trinajstić information content (AvgIpc) is 2.46. The number of ether oxygens (including phenoxy) is 3. The van der Waals surface area contributed by atoms with Crippen molar-refractivity contribution in [3.63, 3.8) is 0 Å².